The van der Waals surface area contributed by atoms with Gasteiger partial charge in [-0.15, -0.1) is 6.58 Å². The van der Waals surface area contributed by atoms with Gasteiger partial charge in [-0.1, -0.05) is 12.5 Å². The molecule has 10 heavy (non-hydrogen) atoms. The summed E-state index contributed by atoms with van der Waals surface area (Å²) in [5.41, 5.74) is 1.27. The lowest BCUT2D eigenvalue weighted by molar-refractivity contribution is 0.269. The molecule has 0 saturated carbocycles. The van der Waals surface area contributed by atoms with E-state index in [0.717, 1.165) is 13.0 Å². The number of hydrogen-bond donors (Lipinski definition) is 0. The first-order valence-electron chi connectivity index (χ1n) is 3.92. The zero-order valence-electron chi connectivity index (χ0n) is 7.65. The van der Waals surface area contributed by atoms with Crippen molar-refractivity contribution in [2.24, 2.45) is 0 Å². The van der Waals surface area contributed by atoms with Gasteiger partial charge in [-0.05, 0) is 33.9 Å². The molecule has 0 rings (SSSR count). The first kappa shape index (κ1) is 9.70. The minimum Gasteiger partial charge on any atom is -0.304 e. The fraction of sp³-hybridized carbons (Fsp3) is 0.778. The Bertz CT molecular complexity index is 107. The zero-order chi connectivity index (χ0) is 8.15. The van der Waals surface area contributed by atoms with E-state index in [1.54, 1.807) is 0 Å². The van der Waals surface area contributed by atoms with Gasteiger partial charge in [0.1, 0.15) is 0 Å². The Labute approximate surface area is 64.7 Å². The summed E-state index contributed by atoms with van der Waals surface area (Å²) in [4.78, 5) is 2.33. The van der Waals surface area contributed by atoms with Gasteiger partial charge in [-0.2, -0.15) is 0 Å². The van der Waals surface area contributed by atoms with Crippen LogP contribution in [0.15, 0.2) is 12.2 Å². The van der Waals surface area contributed by atoms with E-state index < -0.39 is 0 Å². The van der Waals surface area contributed by atoms with Crippen molar-refractivity contribution >= 4 is 0 Å². The van der Waals surface area contributed by atoms with Gasteiger partial charge < -0.3 is 4.90 Å². The van der Waals surface area contributed by atoms with Gasteiger partial charge in [0.25, 0.3) is 0 Å². The molecule has 0 heterocycles. The van der Waals surface area contributed by atoms with Crippen LogP contribution in [0, 0.1) is 0 Å². The Morgan fingerprint density at radius 2 is 2.10 bits per heavy atom. The Morgan fingerprint density at radius 3 is 2.40 bits per heavy atom. The second-order valence-corrected chi connectivity index (χ2v) is 3.08. The Balaban J connectivity index is 3.61. The molecule has 0 saturated heterocycles. The maximum atomic E-state index is 3.89. The van der Waals surface area contributed by atoms with Crippen molar-refractivity contribution in [1.82, 2.24) is 4.90 Å². The molecule has 0 fully saturated rings. The number of nitrogens with zero attached hydrogens (tertiary/aromatic N) is 1. The SMILES string of the molecule is C=C(C)CC(C)N(C)CC. The molecule has 0 spiro atoms. The molecule has 1 heteroatoms. The molecule has 0 radical (unpaired) electrons. The summed E-state index contributed by atoms with van der Waals surface area (Å²) in [6.07, 6.45) is 1.12. The highest BCUT2D eigenvalue weighted by Crippen LogP contribution is 2.06. The third kappa shape index (κ3) is 3.67. The molecule has 0 aromatic heterocycles. The smallest absolute Gasteiger partial charge is 0.0101 e. The summed E-state index contributed by atoms with van der Waals surface area (Å²) < 4.78 is 0. The van der Waals surface area contributed by atoms with Crippen molar-refractivity contribution in [2.45, 2.75) is 33.2 Å². The Hall–Kier alpha value is -0.300. The molecule has 0 aromatic carbocycles. The van der Waals surface area contributed by atoms with Crippen LogP contribution in [0.1, 0.15) is 27.2 Å². The third-order valence-electron chi connectivity index (χ3n) is 1.90. The molecule has 0 N–H and O–H groups in total. The Kier molecular flexibility index (Phi) is 4.37. The zero-order valence-corrected chi connectivity index (χ0v) is 7.65. The van der Waals surface area contributed by atoms with Crippen molar-refractivity contribution in [3.63, 3.8) is 0 Å². The van der Waals surface area contributed by atoms with Crippen LogP contribution in [0.5, 0.6) is 0 Å². The molecule has 1 nitrogen and oxygen atoms in total. The molecular weight excluding hydrogens is 122 g/mol. The van der Waals surface area contributed by atoms with Crippen LogP contribution >= 0.6 is 0 Å². The van der Waals surface area contributed by atoms with E-state index in [1.165, 1.54) is 5.57 Å². The lowest BCUT2D eigenvalue weighted by Crippen LogP contribution is -2.28. The molecule has 0 aliphatic heterocycles. The minimum atomic E-state index is 0.641. The third-order valence-corrected chi connectivity index (χ3v) is 1.90. The van der Waals surface area contributed by atoms with Crippen molar-refractivity contribution in [1.29, 1.82) is 0 Å². The molecule has 0 amide bonds. The van der Waals surface area contributed by atoms with E-state index in [9.17, 15) is 0 Å². The van der Waals surface area contributed by atoms with Gasteiger partial charge in [0.05, 0.1) is 0 Å². The fourth-order valence-electron chi connectivity index (χ4n) is 0.972. The highest BCUT2D eigenvalue weighted by molar-refractivity contribution is 4.91. The lowest BCUT2D eigenvalue weighted by Gasteiger charge is -2.22. The minimum absolute atomic E-state index is 0.641. The number of rotatable bonds is 4. The Morgan fingerprint density at radius 1 is 1.60 bits per heavy atom. The standard InChI is InChI=1S/C9H19N/c1-6-10(5)9(4)7-8(2)3/h9H,2,6-7H2,1,3-5H3. The normalized spacial score (nSPS) is 13.7. The molecule has 1 unspecified atom stereocenters. The van der Waals surface area contributed by atoms with E-state index in [0.29, 0.717) is 6.04 Å². The monoisotopic (exact) mass is 141 g/mol. The molecular formula is C9H19N. The van der Waals surface area contributed by atoms with E-state index in [2.05, 4.69) is 39.3 Å². The highest BCUT2D eigenvalue weighted by atomic mass is 15.1. The summed E-state index contributed by atoms with van der Waals surface area (Å²) in [6.45, 7) is 11.5. The van der Waals surface area contributed by atoms with Gasteiger partial charge >= 0.3 is 0 Å². The molecule has 60 valence electrons. The van der Waals surface area contributed by atoms with Gasteiger partial charge in [-0.3, -0.25) is 0 Å². The summed E-state index contributed by atoms with van der Waals surface area (Å²) in [5, 5.41) is 0. The highest BCUT2D eigenvalue weighted by Gasteiger charge is 2.05. The predicted molar refractivity (Wildman–Crippen MR) is 47.2 cm³/mol. The van der Waals surface area contributed by atoms with Gasteiger partial charge in [-0.25, -0.2) is 0 Å². The summed E-state index contributed by atoms with van der Waals surface area (Å²) in [5.74, 6) is 0. The van der Waals surface area contributed by atoms with E-state index in [1.807, 2.05) is 0 Å². The molecule has 1 atom stereocenters. The van der Waals surface area contributed by atoms with Crippen LogP contribution in [0.3, 0.4) is 0 Å². The fourth-order valence-corrected chi connectivity index (χ4v) is 0.972. The van der Waals surface area contributed by atoms with Crippen molar-refractivity contribution in [3.05, 3.63) is 12.2 Å². The van der Waals surface area contributed by atoms with E-state index >= 15 is 0 Å². The van der Waals surface area contributed by atoms with Crippen molar-refractivity contribution < 1.29 is 0 Å². The maximum Gasteiger partial charge on any atom is 0.0101 e. The molecule has 0 bridgehead atoms. The summed E-state index contributed by atoms with van der Waals surface area (Å²) in [6, 6.07) is 0.641. The van der Waals surface area contributed by atoms with Crippen LogP contribution in [0.4, 0.5) is 0 Å². The predicted octanol–water partition coefficient (Wildman–Crippen LogP) is 2.29. The van der Waals surface area contributed by atoms with E-state index in [-0.39, 0.29) is 0 Å². The van der Waals surface area contributed by atoms with Crippen molar-refractivity contribution in [3.8, 4) is 0 Å². The van der Waals surface area contributed by atoms with Crippen LogP contribution in [-0.2, 0) is 0 Å². The van der Waals surface area contributed by atoms with Crippen LogP contribution < -0.4 is 0 Å². The quantitative estimate of drug-likeness (QED) is 0.543. The second-order valence-electron chi connectivity index (χ2n) is 3.08. The number of hydrogen-bond acceptors (Lipinski definition) is 1. The molecule has 0 aliphatic rings. The van der Waals surface area contributed by atoms with E-state index in [4.69, 9.17) is 0 Å². The van der Waals surface area contributed by atoms with Crippen LogP contribution in [-0.4, -0.2) is 24.5 Å². The average Bonchev–Trinajstić information content (AvgIpc) is 1.85. The maximum absolute atomic E-state index is 3.89. The van der Waals surface area contributed by atoms with Gasteiger partial charge in [0.2, 0.25) is 0 Å². The first-order valence-corrected chi connectivity index (χ1v) is 3.92. The summed E-state index contributed by atoms with van der Waals surface area (Å²) >= 11 is 0. The van der Waals surface area contributed by atoms with Crippen LogP contribution in [0.2, 0.25) is 0 Å². The average molecular weight is 141 g/mol. The van der Waals surface area contributed by atoms with Crippen molar-refractivity contribution in [2.75, 3.05) is 13.6 Å². The molecule has 0 aromatic rings. The largest absolute Gasteiger partial charge is 0.304 e. The molecule has 0 aliphatic carbocycles. The van der Waals surface area contributed by atoms with Gasteiger partial charge in [0, 0.05) is 6.04 Å². The lowest BCUT2D eigenvalue weighted by atomic mass is 10.1. The first-order chi connectivity index (χ1) is 4.57. The second kappa shape index (κ2) is 4.51. The topological polar surface area (TPSA) is 3.24 Å². The van der Waals surface area contributed by atoms with Gasteiger partial charge in [0.15, 0.2) is 0 Å². The summed E-state index contributed by atoms with van der Waals surface area (Å²) in [7, 11) is 2.15. The van der Waals surface area contributed by atoms with Crippen LogP contribution in [0.25, 0.3) is 0 Å².